The lowest BCUT2D eigenvalue weighted by atomic mass is 9.96. The standard InChI is InChI=1S/C22H28N2O3/c1-4-27-22(26)18-11-13-24(14-12-18)21(25)16(2)23(3)20-10-9-17-7-5-6-8-19(17)15-20/h5-10,15-16,18H,4,11-14H2,1-3H3/t16-/m0/s1. The molecule has 5 heteroatoms. The smallest absolute Gasteiger partial charge is 0.309 e. The van der Waals surface area contributed by atoms with Gasteiger partial charge in [0.2, 0.25) is 5.91 Å². The van der Waals surface area contributed by atoms with E-state index in [0.29, 0.717) is 32.5 Å². The van der Waals surface area contributed by atoms with Crippen molar-refractivity contribution in [3.05, 3.63) is 42.5 Å². The molecule has 1 aliphatic heterocycles. The van der Waals surface area contributed by atoms with Gasteiger partial charge in [0, 0.05) is 25.8 Å². The number of fused-ring (bicyclic) bond motifs is 1. The van der Waals surface area contributed by atoms with Crippen LogP contribution < -0.4 is 4.90 Å². The van der Waals surface area contributed by atoms with Crippen molar-refractivity contribution in [2.75, 3.05) is 31.6 Å². The van der Waals surface area contributed by atoms with Crippen LogP contribution in [-0.4, -0.2) is 49.6 Å². The molecule has 2 aromatic carbocycles. The van der Waals surface area contributed by atoms with Crippen LogP contribution in [0.25, 0.3) is 10.8 Å². The summed E-state index contributed by atoms with van der Waals surface area (Å²) in [5, 5.41) is 2.35. The number of hydrogen-bond acceptors (Lipinski definition) is 4. The summed E-state index contributed by atoms with van der Waals surface area (Å²) in [6.45, 7) is 5.39. The molecule has 1 amide bonds. The Morgan fingerprint density at radius 2 is 1.81 bits per heavy atom. The first kappa shape index (κ1) is 19.2. The van der Waals surface area contributed by atoms with Gasteiger partial charge in [0.25, 0.3) is 0 Å². The number of benzene rings is 2. The monoisotopic (exact) mass is 368 g/mol. The molecular weight excluding hydrogens is 340 g/mol. The SMILES string of the molecule is CCOC(=O)C1CCN(C(=O)[C@H](C)N(C)c2ccc3ccccc3c2)CC1. The summed E-state index contributed by atoms with van der Waals surface area (Å²) in [6.07, 6.45) is 1.36. The van der Waals surface area contributed by atoms with Crippen molar-refractivity contribution in [1.82, 2.24) is 4.90 Å². The molecule has 0 saturated carbocycles. The highest BCUT2D eigenvalue weighted by molar-refractivity contribution is 5.89. The highest BCUT2D eigenvalue weighted by Gasteiger charge is 2.31. The van der Waals surface area contributed by atoms with Crippen molar-refractivity contribution in [3.63, 3.8) is 0 Å². The maximum Gasteiger partial charge on any atom is 0.309 e. The van der Waals surface area contributed by atoms with Crippen LogP contribution in [-0.2, 0) is 14.3 Å². The molecule has 1 atom stereocenters. The molecular formula is C22H28N2O3. The van der Waals surface area contributed by atoms with Crippen LogP contribution in [0.2, 0.25) is 0 Å². The van der Waals surface area contributed by atoms with Crippen molar-refractivity contribution in [3.8, 4) is 0 Å². The molecule has 1 saturated heterocycles. The van der Waals surface area contributed by atoms with Crippen LogP contribution in [0, 0.1) is 5.92 Å². The molecule has 2 aromatic rings. The van der Waals surface area contributed by atoms with E-state index >= 15 is 0 Å². The largest absolute Gasteiger partial charge is 0.466 e. The first-order chi connectivity index (χ1) is 13.0. The maximum atomic E-state index is 12.9. The lowest BCUT2D eigenvalue weighted by molar-refractivity contribution is -0.151. The van der Waals surface area contributed by atoms with Gasteiger partial charge >= 0.3 is 5.97 Å². The van der Waals surface area contributed by atoms with E-state index in [1.807, 2.05) is 42.8 Å². The molecule has 1 heterocycles. The number of carbonyl (C=O) groups excluding carboxylic acids is 2. The molecule has 0 unspecified atom stereocenters. The third-order valence-electron chi connectivity index (χ3n) is 5.51. The van der Waals surface area contributed by atoms with E-state index in [4.69, 9.17) is 4.74 Å². The van der Waals surface area contributed by atoms with Crippen molar-refractivity contribution >= 4 is 28.3 Å². The summed E-state index contributed by atoms with van der Waals surface area (Å²) in [4.78, 5) is 28.7. The summed E-state index contributed by atoms with van der Waals surface area (Å²) in [6, 6.07) is 14.2. The van der Waals surface area contributed by atoms with Gasteiger partial charge in [-0.3, -0.25) is 9.59 Å². The summed E-state index contributed by atoms with van der Waals surface area (Å²) < 4.78 is 5.11. The quantitative estimate of drug-likeness (QED) is 0.759. The van der Waals surface area contributed by atoms with Crippen LogP contribution in [0.3, 0.4) is 0 Å². The Kier molecular flexibility index (Phi) is 5.99. The molecule has 27 heavy (non-hydrogen) atoms. The molecule has 5 nitrogen and oxygen atoms in total. The predicted molar refractivity (Wildman–Crippen MR) is 108 cm³/mol. The van der Waals surface area contributed by atoms with Gasteiger partial charge in [-0.1, -0.05) is 30.3 Å². The Balaban J connectivity index is 1.63. The van der Waals surface area contributed by atoms with E-state index in [9.17, 15) is 9.59 Å². The number of piperidine rings is 1. The molecule has 0 aromatic heterocycles. The van der Waals surface area contributed by atoms with Crippen molar-refractivity contribution in [1.29, 1.82) is 0 Å². The minimum absolute atomic E-state index is 0.0810. The van der Waals surface area contributed by atoms with Crippen LogP contribution in [0.5, 0.6) is 0 Å². The van der Waals surface area contributed by atoms with Crippen LogP contribution in [0.15, 0.2) is 42.5 Å². The van der Waals surface area contributed by atoms with Crippen molar-refractivity contribution < 1.29 is 14.3 Å². The number of esters is 1. The fraction of sp³-hybridized carbons (Fsp3) is 0.455. The zero-order chi connectivity index (χ0) is 19.4. The Hall–Kier alpha value is -2.56. The first-order valence-corrected chi connectivity index (χ1v) is 9.68. The zero-order valence-electron chi connectivity index (χ0n) is 16.4. The summed E-state index contributed by atoms with van der Waals surface area (Å²) in [5.74, 6) is -0.110. The van der Waals surface area contributed by atoms with Gasteiger partial charge in [0.1, 0.15) is 6.04 Å². The normalized spacial score (nSPS) is 16.2. The lowest BCUT2D eigenvalue weighted by Crippen LogP contribution is -2.49. The highest BCUT2D eigenvalue weighted by Crippen LogP contribution is 2.24. The second-order valence-electron chi connectivity index (χ2n) is 7.17. The van der Waals surface area contributed by atoms with Crippen molar-refractivity contribution in [2.45, 2.75) is 32.7 Å². The Bertz CT molecular complexity index is 812. The van der Waals surface area contributed by atoms with Crippen molar-refractivity contribution in [2.24, 2.45) is 5.92 Å². The number of rotatable bonds is 5. The fourth-order valence-corrected chi connectivity index (χ4v) is 3.65. The van der Waals surface area contributed by atoms with Gasteiger partial charge in [-0.25, -0.2) is 0 Å². The Labute approximate surface area is 160 Å². The molecule has 0 radical (unpaired) electrons. The molecule has 0 N–H and O–H groups in total. The number of likely N-dealkylation sites (N-methyl/N-ethyl adjacent to an activating group) is 1. The van der Waals surface area contributed by atoms with Gasteiger partial charge in [-0.15, -0.1) is 0 Å². The fourth-order valence-electron chi connectivity index (χ4n) is 3.65. The van der Waals surface area contributed by atoms with E-state index in [0.717, 1.165) is 11.1 Å². The third-order valence-corrected chi connectivity index (χ3v) is 5.51. The second-order valence-corrected chi connectivity index (χ2v) is 7.17. The molecule has 0 spiro atoms. The van der Waals surface area contributed by atoms with Gasteiger partial charge in [0.05, 0.1) is 12.5 Å². The van der Waals surface area contributed by atoms with Crippen LogP contribution >= 0.6 is 0 Å². The molecule has 3 rings (SSSR count). The minimum Gasteiger partial charge on any atom is -0.466 e. The summed E-state index contributed by atoms with van der Waals surface area (Å²) >= 11 is 0. The summed E-state index contributed by atoms with van der Waals surface area (Å²) in [5.41, 5.74) is 1.02. The molecule has 0 aliphatic carbocycles. The number of nitrogens with zero attached hydrogens (tertiary/aromatic N) is 2. The van der Waals surface area contributed by atoms with Gasteiger partial charge in [-0.2, -0.15) is 0 Å². The van der Waals surface area contributed by atoms with Crippen LogP contribution in [0.4, 0.5) is 5.69 Å². The van der Waals surface area contributed by atoms with Gasteiger partial charge in [0.15, 0.2) is 0 Å². The zero-order valence-corrected chi connectivity index (χ0v) is 16.4. The Morgan fingerprint density at radius 1 is 1.15 bits per heavy atom. The molecule has 144 valence electrons. The number of likely N-dealkylation sites (tertiary alicyclic amines) is 1. The van der Waals surface area contributed by atoms with E-state index < -0.39 is 0 Å². The number of ether oxygens (including phenoxy) is 1. The first-order valence-electron chi connectivity index (χ1n) is 9.68. The third kappa shape index (κ3) is 4.24. The van der Waals surface area contributed by atoms with Gasteiger partial charge in [-0.05, 0) is 49.6 Å². The number of amides is 1. The second kappa shape index (κ2) is 8.42. The number of hydrogen-bond donors (Lipinski definition) is 0. The number of anilines is 1. The highest BCUT2D eigenvalue weighted by atomic mass is 16.5. The molecule has 0 bridgehead atoms. The average molecular weight is 368 g/mol. The van der Waals surface area contributed by atoms with Crippen LogP contribution in [0.1, 0.15) is 26.7 Å². The minimum atomic E-state index is -0.259. The van der Waals surface area contributed by atoms with E-state index in [1.54, 1.807) is 0 Å². The summed E-state index contributed by atoms with van der Waals surface area (Å²) in [7, 11) is 1.96. The Morgan fingerprint density at radius 3 is 2.48 bits per heavy atom. The topological polar surface area (TPSA) is 49.9 Å². The van der Waals surface area contributed by atoms with E-state index in [1.165, 1.54) is 5.39 Å². The molecule has 1 fully saturated rings. The van der Waals surface area contributed by atoms with Gasteiger partial charge < -0.3 is 14.5 Å². The predicted octanol–water partition coefficient (Wildman–Crippen LogP) is 3.47. The van der Waals surface area contributed by atoms with E-state index in [-0.39, 0.29) is 23.8 Å². The average Bonchev–Trinajstić information content (AvgIpc) is 2.72. The lowest BCUT2D eigenvalue weighted by Gasteiger charge is -2.35. The molecule has 1 aliphatic rings. The number of carbonyl (C=O) groups is 2. The van der Waals surface area contributed by atoms with E-state index in [2.05, 4.69) is 30.3 Å². The maximum absolute atomic E-state index is 12.9.